The van der Waals surface area contributed by atoms with Gasteiger partial charge in [0, 0.05) is 22.7 Å². The molecule has 3 aromatic carbocycles. The van der Waals surface area contributed by atoms with Crippen LogP contribution < -0.4 is 5.32 Å². The van der Waals surface area contributed by atoms with Gasteiger partial charge in [0.15, 0.2) is 5.78 Å². The number of benzene rings is 3. The average Bonchev–Trinajstić information content (AvgIpc) is 3.19. The van der Waals surface area contributed by atoms with E-state index in [1.165, 1.54) is 0 Å². The fraction of sp³-hybridized carbons (Fsp3) is 0.154. The molecule has 0 fully saturated rings. The molecule has 1 aliphatic rings. The van der Waals surface area contributed by atoms with E-state index < -0.39 is 5.54 Å². The summed E-state index contributed by atoms with van der Waals surface area (Å²) in [6.07, 6.45) is 4.38. The summed E-state index contributed by atoms with van der Waals surface area (Å²) in [7, 11) is 0. The zero-order valence-electron chi connectivity index (χ0n) is 18.1. The Morgan fingerprint density at radius 1 is 0.971 bits per heavy atom. The van der Waals surface area contributed by atoms with Crippen molar-refractivity contribution in [3.05, 3.63) is 111 Å². The predicted octanol–water partition coefficient (Wildman–Crippen LogP) is 6.99. The van der Waals surface area contributed by atoms with Crippen molar-refractivity contribution in [1.29, 1.82) is 0 Å². The molecule has 0 aliphatic carbocycles. The molecule has 1 amide bonds. The van der Waals surface area contributed by atoms with Crippen molar-refractivity contribution in [2.45, 2.75) is 25.4 Å². The first-order chi connectivity index (χ1) is 15.8. The SMILES string of the molecule is C[C@]1(C(=O)Nc2ccc(Cl)cc2C(=O)c2ccccc2)CC=CN1Cc1ccc(Cl)c(Cl)c1.[Ni+2]. The van der Waals surface area contributed by atoms with Crippen molar-refractivity contribution in [3.63, 3.8) is 0 Å². The molecule has 1 aliphatic heterocycles. The third kappa shape index (κ3) is 5.50. The zero-order valence-corrected chi connectivity index (χ0v) is 21.4. The van der Waals surface area contributed by atoms with Crippen LogP contribution in [0, 0.1) is 0 Å². The fourth-order valence-corrected chi connectivity index (χ4v) is 4.28. The Labute approximate surface area is 223 Å². The molecule has 3 aromatic rings. The van der Waals surface area contributed by atoms with Crippen molar-refractivity contribution in [2.24, 2.45) is 0 Å². The Morgan fingerprint density at radius 2 is 1.71 bits per heavy atom. The number of hydrogen-bond acceptors (Lipinski definition) is 3. The van der Waals surface area contributed by atoms with Gasteiger partial charge in [0.25, 0.3) is 0 Å². The van der Waals surface area contributed by atoms with Gasteiger partial charge in [-0.15, -0.1) is 0 Å². The Bertz CT molecular complexity index is 1250. The maximum absolute atomic E-state index is 13.5. The first-order valence-electron chi connectivity index (χ1n) is 10.4. The number of ketones is 1. The van der Waals surface area contributed by atoms with Crippen LogP contribution in [0.25, 0.3) is 0 Å². The van der Waals surface area contributed by atoms with E-state index in [4.69, 9.17) is 34.8 Å². The molecule has 0 aromatic heterocycles. The Hall–Kier alpha value is -2.30. The summed E-state index contributed by atoms with van der Waals surface area (Å²) in [5.74, 6) is -0.437. The van der Waals surface area contributed by atoms with E-state index in [2.05, 4.69) is 5.32 Å². The van der Waals surface area contributed by atoms with Crippen LogP contribution in [0.3, 0.4) is 0 Å². The zero-order chi connectivity index (χ0) is 23.6. The van der Waals surface area contributed by atoms with E-state index in [9.17, 15) is 9.59 Å². The van der Waals surface area contributed by atoms with Crippen molar-refractivity contribution < 1.29 is 26.1 Å². The molecule has 176 valence electrons. The summed E-state index contributed by atoms with van der Waals surface area (Å²) >= 11 is 18.4. The van der Waals surface area contributed by atoms with Gasteiger partial charge in [0.2, 0.25) is 5.91 Å². The summed E-state index contributed by atoms with van der Waals surface area (Å²) in [5, 5.41) is 4.33. The monoisotopic (exact) mass is 556 g/mol. The van der Waals surface area contributed by atoms with Crippen LogP contribution >= 0.6 is 34.8 Å². The van der Waals surface area contributed by atoms with E-state index in [1.807, 2.05) is 36.2 Å². The van der Waals surface area contributed by atoms with Gasteiger partial charge < -0.3 is 10.2 Å². The third-order valence-corrected chi connectivity index (χ3v) is 6.75. The summed E-state index contributed by atoms with van der Waals surface area (Å²) in [6.45, 7) is 2.35. The summed E-state index contributed by atoms with van der Waals surface area (Å²) in [4.78, 5) is 28.5. The molecule has 0 saturated heterocycles. The van der Waals surface area contributed by atoms with E-state index >= 15 is 0 Å². The average molecular weight is 559 g/mol. The number of anilines is 1. The molecule has 0 unspecified atom stereocenters. The van der Waals surface area contributed by atoms with Crippen molar-refractivity contribution in [2.75, 3.05) is 5.32 Å². The van der Waals surface area contributed by atoms with Crippen LogP contribution in [0.5, 0.6) is 0 Å². The van der Waals surface area contributed by atoms with Gasteiger partial charge in [0.1, 0.15) is 5.54 Å². The molecule has 1 N–H and O–H groups in total. The van der Waals surface area contributed by atoms with Gasteiger partial charge in [0.05, 0.1) is 15.7 Å². The Morgan fingerprint density at radius 3 is 2.41 bits per heavy atom. The van der Waals surface area contributed by atoms with Crippen LogP contribution in [-0.4, -0.2) is 22.1 Å². The number of nitrogens with one attached hydrogen (secondary N) is 1. The topological polar surface area (TPSA) is 49.4 Å². The summed E-state index contributed by atoms with van der Waals surface area (Å²) in [5.41, 5.74) is 1.36. The Balaban J connectivity index is 0.00000324. The smallest absolute Gasteiger partial charge is 0.359 e. The van der Waals surface area contributed by atoms with Gasteiger partial charge in [-0.2, -0.15) is 0 Å². The molecule has 0 saturated carbocycles. The number of rotatable bonds is 6. The first kappa shape index (κ1) is 26.3. The van der Waals surface area contributed by atoms with E-state index in [0.717, 1.165) is 5.56 Å². The second-order valence-corrected chi connectivity index (χ2v) is 9.33. The van der Waals surface area contributed by atoms with Gasteiger partial charge >= 0.3 is 16.5 Å². The van der Waals surface area contributed by atoms with Crippen molar-refractivity contribution >= 4 is 52.2 Å². The standard InChI is InChI=1S/C26H21Cl3N2O2.Ni/c1-26(12-5-13-31(26)16-17-8-10-21(28)22(29)14-17)25(33)30-23-11-9-19(27)15-20(23)24(32)18-6-3-2-4-7-18;/h2-11,13-15H,12,16H2,1H3,(H,30,33);/q;+2/t26-;/m1./s1. The summed E-state index contributed by atoms with van der Waals surface area (Å²) in [6, 6.07) is 19.2. The minimum absolute atomic E-state index is 0. The molecular weight excluding hydrogens is 537 g/mol. The van der Waals surface area contributed by atoms with Crippen molar-refractivity contribution in [3.8, 4) is 0 Å². The molecule has 0 bridgehead atoms. The number of halogens is 3. The molecule has 1 atom stereocenters. The number of hydrogen-bond donors (Lipinski definition) is 1. The van der Waals surface area contributed by atoms with Gasteiger partial charge in [-0.3, -0.25) is 9.59 Å². The van der Waals surface area contributed by atoms with Gasteiger partial charge in [-0.05, 0) is 55.4 Å². The van der Waals surface area contributed by atoms with Crippen LogP contribution in [0.1, 0.15) is 34.8 Å². The first-order valence-corrected chi connectivity index (χ1v) is 11.5. The number of carbonyl (C=O) groups is 2. The Kier molecular flexibility index (Phi) is 8.49. The molecule has 4 rings (SSSR count). The summed E-state index contributed by atoms with van der Waals surface area (Å²) < 4.78 is 0. The van der Waals surface area contributed by atoms with Crippen LogP contribution in [0.4, 0.5) is 5.69 Å². The second-order valence-electron chi connectivity index (χ2n) is 8.08. The van der Waals surface area contributed by atoms with E-state index in [-0.39, 0.29) is 28.2 Å². The molecule has 4 nitrogen and oxygen atoms in total. The van der Waals surface area contributed by atoms with Crippen molar-refractivity contribution in [1.82, 2.24) is 4.90 Å². The fourth-order valence-electron chi connectivity index (χ4n) is 3.79. The second kappa shape index (κ2) is 11.0. The molecule has 0 spiro atoms. The number of amides is 1. The normalized spacial score (nSPS) is 16.8. The van der Waals surface area contributed by atoms with Crippen LogP contribution in [0.15, 0.2) is 79.0 Å². The maximum Gasteiger partial charge on any atom is 2.00 e. The van der Waals surface area contributed by atoms with Gasteiger partial charge in [-0.1, -0.05) is 77.3 Å². The van der Waals surface area contributed by atoms with E-state index in [1.54, 1.807) is 54.6 Å². The number of carbonyl (C=O) groups excluding carboxylic acids is 2. The van der Waals surface area contributed by atoms with Gasteiger partial charge in [-0.25, -0.2) is 0 Å². The van der Waals surface area contributed by atoms with Crippen LogP contribution in [0.2, 0.25) is 15.1 Å². The molecule has 1 heterocycles. The molecule has 8 heteroatoms. The molecule has 0 radical (unpaired) electrons. The predicted molar refractivity (Wildman–Crippen MR) is 134 cm³/mol. The number of nitrogens with zero attached hydrogens (tertiary/aromatic N) is 1. The van der Waals surface area contributed by atoms with E-state index in [0.29, 0.717) is 44.8 Å². The maximum atomic E-state index is 13.5. The molecule has 34 heavy (non-hydrogen) atoms. The largest absolute Gasteiger partial charge is 2.00 e. The quantitative estimate of drug-likeness (QED) is 0.262. The molecular formula is C26H21Cl3N2NiO2+2. The minimum atomic E-state index is -0.848. The van der Waals surface area contributed by atoms with Crippen LogP contribution in [-0.2, 0) is 27.8 Å². The minimum Gasteiger partial charge on any atom is -0.359 e. The third-order valence-electron chi connectivity index (χ3n) is 5.77.